The van der Waals surface area contributed by atoms with Crippen LogP contribution in [0.2, 0.25) is 0 Å². The average molecular weight is 247 g/mol. The van der Waals surface area contributed by atoms with Crippen molar-refractivity contribution >= 4 is 23.1 Å². The van der Waals surface area contributed by atoms with Crippen LogP contribution in [0.5, 0.6) is 0 Å². The highest BCUT2D eigenvalue weighted by Gasteiger charge is 2.14. The summed E-state index contributed by atoms with van der Waals surface area (Å²) in [6.07, 6.45) is 2.54. The van der Waals surface area contributed by atoms with Gasteiger partial charge in [-0.3, -0.25) is 14.9 Å². The Hall–Kier alpha value is -2.90. The lowest BCUT2D eigenvalue weighted by molar-refractivity contribution is -0.384. The molecule has 0 fully saturated rings. The molecule has 8 heteroatoms. The quantitative estimate of drug-likeness (QED) is 0.553. The van der Waals surface area contributed by atoms with E-state index in [1.54, 1.807) is 6.07 Å². The highest BCUT2D eigenvalue weighted by atomic mass is 16.6. The van der Waals surface area contributed by atoms with E-state index in [0.29, 0.717) is 11.5 Å². The molecule has 0 saturated carbocycles. The van der Waals surface area contributed by atoms with Gasteiger partial charge < -0.3 is 16.0 Å². The highest BCUT2D eigenvalue weighted by Crippen LogP contribution is 2.14. The number of rotatable bonds is 3. The van der Waals surface area contributed by atoms with Gasteiger partial charge in [0.1, 0.15) is 11.5 Å². The normalized spacial score (nSPS) is 10.0. The van der Waals surface area contributed by atoms with E-state index in [9.17, 15) is 14.9 Å². The van der Waals surface area contributed by atoms with Gasteiger partial charge in [0, 0.05) is 6.07 Å². The van der Waals surface area contributed by atoms with Crippen molar-refractivity contribution in [3.05, 3.63) is 46.4 Å². The number of aromatic amines is 1. The van der Waals surface area contributed by atoms with E-state index in [2.05, 4.69) is 15.3 Å². The molecule has 1 amide bonds. The zero-order valence-corrected chi connectivity index (χ0v) is 9.08. The molecule has 0 spiro atoms. The Labute approximate surface area is 101 Å². The molecule has 0 aliphatic heterocycles. The number of amides is 1. The number of nitrogens with two attached hydrogens (primary N) is 1. The second-order valence-electron chi connectivity index (χ2n) is 3.45. The van der Waals surface area contributed by atoms with Crippen molar-refractivity contribution in [2.75, 3.05) is 11.1 Å². The predicted octanol–water partition coefficient (Wildman–Crippen LogP) is 1.15. The van der Waals surface area contributed by atoms with E-state index in [1.165, 1.54) is 12.3 Å². The van der Waals surface area contributed by atoms with Crippen molar-refractivity contribution in [3.63, 3.8) is 0 Å². The number of aromatic nitrogens is 2. The van der Waals surface area contributed by atoms with Crippen LogP contribution in [0.3, 0.4) is 0 Å². The number of hydrogen-bond donors (Lipinski definition) is 3. The zero-order valence-electron chi connectivity index (χ0n) is 9.08. The Morgan fingerprint density at radius 1 is 1.50 bits per heavy atom. The fourth-order valence-electron chi connectivity index (χ4n) is 1.30. The van der Waals surface area contributed by atoms with E-state index >= 15 is 0 Å². The number of hydrogen-bond acceptors (Lipinski definition) is 5. The van der Waals surface area contributed by atoms with Crippen LogP contribution in [0.25, 0.3) is 0 Å². The van der Waals surface area contributed by atoms with Crippen LogP contribution in [-0.2, 0) is 0 Å². The first-order valence-corrected chi connectivity index (χ1v) is 4.92. The number of nitro groups is 1. The van der Waals surface area contributed by atoms with Gasteiger partial charge in [0.15, 0.2) is 0 Å². The van der Waals surface area contributed by atoms with Crippen LogP contribution >= 0.6 is 0 Å². The number of carbonyl (C=O) groups excluding carboxylic acids is 1. The molecule has 0 aliphatic rings. The summed E-state index contributed by atoms with van der Waals surface area (Å²) in [7, 11) is 0. The van der Waals surface area contributed by atoms with Crippen LogP contribution in [0.4, 0.5) is 17.2 Å². The van der Waals surface area contributed by atoms with E-state index in [4.69, 9.17) is 5.73 Å². The molecular weight excluding hydrogens is 238 g/mol. The molecule has 4 N–H and O–H groups in total. The standard InChI is InChI=1S/C10H9N5O3/c11-9-2-1-6(4-13-9)14-10(16)8-3-7(5-12-8)15(17)18/h1-5,12H,(H2,11,13)(H,14,16). The topological polar surface area (TPSA) is 127 Å². The zero-order chi connectivity index (χ0) is 13.1. The first kappa shape index (κ1) is 11.6. The number of nitrogens with one attached hydrogen (secondary N) is 2. The number of H-pyrrole nitrogens is 1. The van der Waals surface area contributed by atoms with Crippen molar-refractivity contribution < 1.29 is 9.72 Å². The maximum atomic E-state index is 11.7. The number of pyridine rings is 1. The molecule has 8 nitrogen and oxygen atoms in total. The summed E-state index contributed by atoms with van der Waals surface area (Å²) >= 11 is 0. The molecule has 0 unspecified atom stereocenters. The Balaban J connectivity index is 2.11. The Bertz CT molecular complexity index is 590. The third kappa shape index (κ3) is 2.43. The lowest BCUT2D eigenvalue weighted by Gasteiger charge is -2.02. The van der Waals surface area contributed by atoms with Crippen LogP contribution in [0.1, 0.15) is 10.5 Å². The van der Waals surface area contributed by atoms with Crippen molar-refractivity contribution in [3.8, 4) is 0 Å². The molecule has 18 heavy (non-hydrogen) atoms. The Kier molecular flexibility index (Phi) is 2.92. The molecule has 2 aromatic heterocycles. The number of nitrogen functional groups attached to an aromatic ring is 1. The third-order valence-electron chi connectivity index (χ3n) is 2.17. The van der Waals surface area contributed by atoms with Gasteiger partial charge in [-0.15, -0.1) is 0 Å². The lowest BCUT2D eigenvalue weighted by atomic mass is 10.3. The van der Waals surface area contributed by atoms with E-state index in [1.807, 2.05) is 0 Å². The van der Waals surface area contributed by atoms with Gasteiger partial charge in [0.25, 0.3) is 11.6 Å². The first-order chi connectivity index (χ1) is 8.56. The average Bonchev–Trinajstić information content (AvgIpc) is 2.81. The summed E-state index contributed by atoms with van der Waals surface area (Å²) in [6, 6.07) is 4.27. The smallest absolute Gasteiger partial charge is 0.287 e. The summed E-state index contributed by atoms with van der Waals surface area (Å²) in [5.74, 6) is -0.154. The third-order valence-corrected chi connectivity index (χ3v) is 2.17. The molecule has 2 aromatic rings. The molecule has 0 bridgehead atoms. The lowest BCUT2D eigenvalue weighted by Crippen LogP contribution is -2.12. The maximum absolute atomic E-state index is 11.7. The van der Waals surface area contributed by atoms with Crippen molar-refractivity contribution in [2.45, 2.75) is 0 Å². The number of anilines is 2. The van der Waals surface area contributed by atoms with Gasteiger partial charge in [0.2, 0.25) is 0 Å². The van der Waals surface area contributed by atoms with Crippen LogP contribution in [0, 0.1) is 10.1 Å². The second kappa shape index (κ2) is 4.53. The van der Waals surface area contributed by atoms with Gasteiger partial charge in [0.05, 0.1) is 23.0 Å². The molecule has 92 valence electrons. The Morgan fingerprint density at radius 2 is 2.28 bits per heavy atom. The fourth-order valence-corrected chi connectivity index (χ4v) is 1.30. The van der Waals surface area contributed by atoms with Crippen LogP contribution < -0.4 is 11.1 Å². The summed E-state index contributed by atoms with van der Waals surface area (Å²) < 4.78 is 0. The SMILES string of the molecule is Nc1ccc(NC(=O)c2cc([N+](=O)[O-])c[nH]2)cn1. The van der Waals surface area contributed by atoms with E-state index < -0.39 is 10.8 Å². The molecule has 2 heterocycles. The van der Waals surface area contributed by atoms with E-state index in [-0.39, 0.29) is 11.4 Å². The van der Waals surface area contributed by atoms with Gasteiger partial charge in [-0.2, -0.15) is 0 Å². The van der Waals surface area contributed by atoms with Gasteiger partial charge in [-0.1, -0.05) is 0 Å². The summed E-state index contributed by atoms with van der Waals surface area (Å²) in [5, 5.41) is 13.0. The summed E-state index contributed by atoms with van der Waals surface area (Å²) in [6.45, 7) is 0. The van der Waals surface area contributed by atoms with Gasteiger partial charge in [-0.05, 0) is 12.1 Å². The molecule has 0 aliphatic carbocycles. The first-order valence-electron chi connectivity index (χ1n) is 4.92. The summed E-state index contributed by atoms with van der Waals surface area (Å²) in [4.78, 5) is 27.9. The molecule has 2 rings (SSSR count). The van der Waals surface area contributed by atoms with Crippen molar-refractivity contribution in [2.24, 2.45) is 0 Å². The fraction of sp³-hybridized carbons (Fsp3) is 0. The molecule has 0 aromatic carbocycles. The van der Waals surface area contributed by atoms with Gasteiger partial charge in [-0.25, -0.2) is 4.98 Å². The molecular formula is C10H9N5O3. The number of nitrogens with zero attached hydrogens (tertiary/aromatic N) is 2. The van der Waals surface area contributed by atoms with Crippen LogP contribution in [0.15, 0.2) is 30.6 Å². The monoisotopic (exact) mass is 247 g/mol. The van der Waals surface area contributed by atoms with Crippen molar-refractivity contribution in [1.29, 1.82) is 0 Å². The maximum Gasteiger partial charge on any atom is 0.287 e. The molecule has 0 radical (unpaired) electrons. The second-order valence-corrected chi connectivity index (χ2v) is 3.45. The van der Waals surface area contributed by atoms with Crippen LogP contribution in [-0.4, -0.2) is 20.8 Å². The molecule has 0 saturated heterocycles. The minimum absolute atomic E-state index is 0.0959. The minimum Gasteiger partial charge on any atom is -0.384 e. The number of carbonyl (C=O) groups is 1. The van der Waals surface area contributed by atoms with Gasteiger partial charge >= 0.3 is 0 Å². The predicted molar refractivity (Wildman–Crippen MR) is 64.0 cm³/mol. The highest BCUT2D eigenvalue weighted by molar-refractivity contribution is 6.03. The largest absolute Gasteiger partial charge is 0.384 e. The Morgan fingerprint density at radius 3 is 2.83 bits per heavy atom. The van der Waals surface area contributed by atoms with Crippen molar-refractivity contribution in [1.82, 2.24) is 9.97 Å². The van der Waals surface area contributed by atoms with E-state index in [0.717, 1.165) is 12.3 Å². The minimum atomic E-state index is -0.585. The molecule has 0 atom stereocenters. The summed E-state index contributed by atoms with van der Waals surface area (Å²) in [5.41, 5.74) is 5.78.